The summed E-state index contributed by atoms with van der Waals surface area (Å²) >= 11 is 0. The average Bonchev–Trinajstić information content (AvgIpc) is 1.35. The highest BCUT2D eigenvalue weighted by atomic mass is 32.3. The molecule has 0 saturated heterocycles. The fourth-order valence-electron chi connectivity index (χ4n) is 0. The van der Waals surface area contributed by atoms with Crippen LogP contribution in [0.15, 0.2) is 0 Å². The van der Waals surface area contributed by atoms with Gasteiger partial charge in [-0.25, -0.2) is 0 Å². The highest BCUT2D eigenvalue weighted by Crippen LogP contribution is 2.46. The molecule has 0 fully saturated rings. The lowest BCUT2D eigenvalue weighted by atomic mass is 11.0. The van der Waals surface area contributed by atoms with E-state index in [9.17, 15) is 7.77 Å². The van der Waals surface area contributed by atoms with Gasteiger partial charge in [0.1, 0.15) is 0 Å². The summed E-state index contributed by atoms with van der Waals surface area (Å²) in [5.74, 6) is 0.0208. The first-order valence-electron chi connectivity index (χ1n) is 1.71. The summed E-state index contributed by atoms with van der Waals surface area (Å²) in [4.78, 5) is 0. The first-order chi connectivity index (χ1) is 2.56. The van der Waals surface area contributed by atoms with Gasteiger partial charge in [0, 0.05) is 12.0 Å². The van der Waals surface area contributed by atoms with E-state index in [0.717, 1.165) is 6.26 Å². The molecule has 0 N–H and O–H groups in total. The molecular weight excluding hydrogens is 125 g/mol. The Morgan fingerprint density at radius 3 is 1.57 bits per heavy atom. The highest BCUT2D eigenvalue weighted by molar-refractivity contribution is 8.24. The normalized spacial score (nSPS) is 12.6. The van der Waals surface area contributed by atoms with Crippen LogP contribution in [0.1, 0.15) is 6.92 Å². The van der Waals surface area contributed by atoms with Crippen molar-refractivity contribution in [1.82, 2.24) is 0 Å². The smallest absolute Gasteiger partial charge is 0.0541 e. The summed E-state index contributed by atoms with van der Waals surface area (Å²) in [6, 6.07) is 0. The third-order valence-electron chi connectivity index (χ3n) is 0.507. The maximum Gasteiger partial charge on any atom is 0.0541 e. The van der Waals surface area contributed by atoms with Crippen molar-refractivity contribution in [1.29, 1.82) is 0 Å². The summed E-state index contributed by atoms with van der Waals surface area (Å²) in [7, 11) is -3.16. The molecule has 0 aliphatic rings. The minimum absolute atomic E-state index is 0. The zero-order valence-corrected chi connectivity index (χ0v) is 5.10. The molecule has 0 atom stereocenters. The van der Waals surface area contributed by atoms with Gasteiger partial charge in [-0.15, -0.1) is 0 Å². The number of rotatable bonds is 1. The molecule has 0 unspecified atom stereocenters. The van der Waals surface area contributed by atoms with E-state index in [1.165, 1.54) is 6.92 Å². The predicted octanol–water partition coefficient (Wildman–Crippen LogP) is 2.36. The van der Waals surface area contributed by atoms with Crippen molar-refractivity contribution in [3.05, 3.63) is 0 Å². The van der Waals surface area contributed by atoms with E-state index < -0.39 is 10.8 Å². The van der Waals surface area contributed by atoms with Gasteiger partial charge in [-0.3, -0.25) is 4.70 Å². The van der Waals surface area contributed by atoms with Crippen molar-refractivity contribution >= 4 is 10.8 Å². The molecule has 0 aromatic rings. The second-order valence-electron chi connectivity index (χ2n) is 1.16. The van der Waals surface area contributed by atoms with E-state index in [4.69, 9.17) is 0 Å². The SMILES string of the molecule is CCS(C)(F)F.F. The molecule has 48 valence electrons. The van der Waals surface area contributed by atoms with Crippen LogP contribution in [-0.2, 0) is 0 Å². The Labute approximate surface area is 43.2 Å². The molecule has 0 aliphatic heterocycles. The van der Waals surface area contributed by atoms with Gasteiger partial charge in [0.15, 0.2) is 0 Å². The Morgan fingerprint density at radius 2 is 1.57 bits per heavy atom. The molecule has 0 rings (SSSR count). The van der Waals surface area contributed by atoms with E-state index in [1.54, 1.807) is 0 Å². The summed E-state index contributed by atoms with van der Waals surface area (Å²) < 4.78 is 23.1. The Kier molecular flexibility index (Phi) is 4.63. The molecule has 0 aromatic heterocycles. The lowest BCUT2D eigenvalue weighted by Crippen LogP contribution is -1.80. The minimum atomic E-state index is -3.16. The van der Waals surface area contributed by atoms with Gasteiger partial charge >= 0.3 is 0 Å². The fraction of sp³-hybridized carbons (Fsp3) is 1.00. The highest BCUT2D eigenvalue weighted by Gasteiger charge is 2.07. The Balaban J connectivity index is 0. The molecule has 0 heterocycles. The van der Waals surface area contributed by atoms with Gasteiger partial charge in [-0.05, 0) is 0 Å². The van der Waals surface area contributed by atoms with Crippen LogP contribution in [0.3, 0.4) is 0 Å². The first kappa shape index (κ1) is 10.2. The van der Waals surface area contributed by atoms with Crippen LogP contribution in [0.25, 0.3) is 0 Å². The van der Waals surface area contributed by atoms with Gasteiger partial charge in [-0.2, -0.15) is 7.77 Å². The van der Waals surface area contributed by atoms with Crippen LogP contribution in [0.4, 0.5) is 12.5 Å². The quantitative estimate of drug-likeness (QED) is 0.516. The second-order valence-corrected chi connectivity index (χ2v) is 3.49. The van der Waals surface area contributed by atoms with Crippen LogP contribution in [0, 0.1) is 0 Å². The Bertz CT molecular complexity index is 39.9. The van der Waals surface area contributed by atoms with Gasteiger partial charge in [0.2, 0.25) is 0 Å². The number of hydrogen-bond acceptors (Lipinski definition) is 0. The second kappa shape index (κ2) is 3.18. The Hall–Kier alpha value is 0.140. The van der Waals surface area contributed by atoms with Crippen LogP contribution >= 0.6 is 10.8 Å². The van der Waals surface area contributed by atoms with Gasteiger partial charge in [0.25, 0.3) is 0 Å². The average molecular weight is 134 g/mol. The lowest BCUT2D eigenvalue weighted by Gasteiger charge is -2.08. The molecule has 0 spiro atoms. The zero-order valence-electron chi connectivity index (χ0n) is 4.28. The molecular formula is C3H9F3S. The fourth-order valence-corrected chi connectivity index (χ4v) is 0. The van der Waals surface area contributed by atoms with Crippen LogP contribution in [0.5, 0.6) is 0 Å². The van der Waals surface area contributed by atoms with E-state index >= 15 is 0 Å². The van der Waals surface area contributed by atoms with Crippen molar-refractivity contribution in [3.8, 4) is 0 Å². The minimum Gasteiger partial charge on any atom is -0.269 e. The van der Waals surface area contributed by atoms with E-state index in [-0.39, 0.29) is 10.5 Å². The van der Waals surface area contributed by atoms with Crippen molar-refractivity contribution in [3.63, 3.8) is 0 Å². The maximum absolute atomic E-state index is 11.5. The van der Waals surface area contributed by atoms with Crippen molar-refractivity contribution in [2.75, 3.05) is 12.0 Å². The van der Waals surface area contributed by atoms with Gasteiger partial charge in [-0.1, -0.05) is 6.92 Å². The van der Waals surface area contributed by atoms with Crippen LogP contribution < -0.4 is 0 Å². The summed E-state index contributed by atoms with van der Waals surface area (Å²) in [6.45, 7) is 1.50. The maximum atomic E-state index is 11.5. The summed E-state index contributed by atoms with van der Waals surface area (Å²) in [6.07, 6.45) is 0.993. The lowest BCUT2D eigenvalue weighted by molar-refractivity contribution is 0.755. The number of halogens is 3. The molecule has 0 bridgehead atoms. The summed E-state index contributed by atoms with van der Waals surface area (Å²) in [5, 5.41) is 0. The van der Waals surface area contributed by atoms with Gasteiger partial charge < -0.3 is 0 Å². The van der Waals surface area contributed by atoms with E-state index in [0.29, 0.717) is 0 Å². The van der Waals surface area contributed by atoms with Crippen molar-refractivity contribution in [2.24, 2.45) is 0 Å². The van der Waals surface area contributed by atoms with Crippen LogP contribution in [0.2, 0.25) is 0 Å². The molecule has 0 amide bonds. The molecule has 0 saturated carbocycles. The first-order valence-corrected chi connectivity index (χ1v) is 3.72. The molecule has 7 heavy (non-hydrogen) atoms. The van der Waals surface area contributed by atoms with Crippen molar-refractivity contribution in [2.45, 2.75) is 6.92 Å². The molecule has 4 heteroatoms. The topological polar surface area (TPSA) is 0 Å². The molecule has 0 radical (unpaired) electrons. The third-order valence-corrected chi connectivity index (χ3v) is 1.52. The largest absolute Gasteiger partial charge is 0.269 e. The standard InChI is InChI=1S/C3H8F2S.FH/c1-3-6(2,4)5;/h3H2,1-2H3;1H. The van der Waals surface area contributed by atoms with E-state index in [2.05, 4.69) is 0 Å². The summed E-state index contributed by atoms with van der Waals surface area (Å²) in [5.41, 5.74) is 0. The van der Waals surface area contributed by atoms with Gasteiger partial charge in [0.05, 0.1) is 10.8 Å². The molecule has 0 aliphatic carbocycles. The van der Waals surface area contributed by atoms with Crippen molar-refractivity contribution < 1.29 is 12.5 Å². The monoisotopic (exact) mass is 134 g/mol. The third kappa shape index (κ3) is 10.7. The predicted molar refractivity (Wildman–Crippen MR) is 28.8 cm³/mol. The Morgan fingerprint density at radius 1 is 1.43 bits per heavy atom. The zero-order chi connectivity index (χ0) is 5.21. The van der Waals surface area contributed by atoms with Crippen LogP contribution in [-0.4, -0.2) is 12.0 Å². The molecule has 0 aromatic carbocycles. The van der Waals surface area contributed by atoms with E-state index in [1.807, 2.05) is 0 Å². The molecule has 0 nitrogen and oxygen atoms in total. The number of hydrogen-bond donors (Lipinski definition) is 0.